The summed E-state index contributed by atoms with van der Waals surface area (Å²) >= 11 is 0. The zero-order chi connectivity index (χ0) is 12.0. The van der Waals surface area contributed by atoms with E-state index < -0.39 is 5.97 Å². The van der Waals surface area contributed by atoms with Gasteiger partial charge in [-0.05, 0) is 12.5 Å². The Bertz CT molecular complexity index is 441. The number of aliphatic hydroxyl groups is 1. The van der Waals surface area contributed by atoms with Crippen molar-refractivity contribution < 1.29 is 49.4 Å². The molecule has 1 fully saturated rings. The summed E-state index contributed by atoms with van der Waals surface area (Å²) in [5.74, 6) is -1.72. The molecule has 0 radical (unpaired) electrons. The van der Waals surface area contributed by atoms with Gasteiger partial charge >= 0.3 is 29.6 Å². The Morgan fingerprint density at radius 1 is 1.59 bits per heavy atom. The fraction of sp³-hybridized carbons (Fsp3) is 0.455. The van der Waals surface area contributed by atoms with Crippen molar-refractivity contribution in [3.63, 3.8) is 0 Å². The monoisotopic (exact) mass is 245 g/mol. The minimum absolute atomic E-state index is 0. The van der Waals surface area contributed by atoms with Crippen molar-refractivity contribution in [1.29, 1.82) is 0 Å². The van der Waals surface area contributed by atoms with E-state index in [4.69, 9.17) is 5.11 Å². The van der Waals surface area contributed by atoms with Crippen LogP contribution in [0.2, 0.25) is 0 Å². The molecule has 0 bridgehead atoms. The molecule has 2 rings (SSSR count). The standard InChI is InChI=1S/C11H13NO4.Na/c1-5-3-7(11(15)16)12-9(5)8(10(12)14)6(2)4-13;/h3,5,9,13H,4H2,1-2H3,(H,15,16);/q;+1/p-1/b8-6+;/t5-,9+;/m0./s1. The first-order valence-corrected chi connectivity index (χ1v) is 5.06. The van der Waals surface area contributed by atoms with E-state index in [1.807, 2.05) is 6.92 Å². The molecular formula is C11H12NNaO4. The topological polar surface area (TPSA) is 80.7 Å². The van der Waals surface area contributed by atoms with Crippen LogP contribution in [0.15, 0.2) is 22.9 Å². The second kappa shape index (κ2) is 4.94. The van der Waals surface area contributed by atoms with Crippen molar-refractivity contribution >= 4 is 11.9 Å². The molecule has 2 aliphatic heterocycles. The molecule has 0 aliphatic carbocycles. The van der Waals surface area contributed by atoms with Crippen LogP contribution in [0.25, 0.3) is 0 Å². The van der Waals surface area contributed by atoms with Gasteiger partial charge < -0.3 is 15.0 Å². The molecule has 17 heavy (non-hydrogen) atoms. The van der Waals surface area contributed by atoms with Gasteiger partial charge in [-0.15, -0.1) is 0 Å². The molecule has 0 spiro atoms. The maximum Gasteiger partial charge on any atom is 1.00 e. The van der Waals surface area contributed by atoms with E-state index in [2.05, 4.69) is 0 Å². The number of nitrogens with zero attached hydrogens (tertiary/aromatic N) is 1. The minimum atomic E-state index is -1.33. The summed E-state index contributed by atoms with van der Waals surface area (Å²) in [5.41, 5.74) is 1.07. The Labute approximate surface area is 121 Å². The molecule has 5 nitrogen and oxygen atoms in total. The average Bonchev–Trinajstić information content (AvgIpc) is 2.52. The van der Waals surface area contributed by atoms with Gasteiger partial charge in [0, 0.05) is 11.5 Å². The Hall–Kier alpha value is -0.620. The van der Waals surface area contributed by atoms with Crippen molar-refractivity contribution in [3.05, 3.63) is 22.9 Å². The first-order valence-electron chi connectivity index (χ1n) is 5.06. The smallest absolute Gasteiger partial charge is 0.543 e. The average molecular weight is 245 g/mol. The third-order valence-electron chi connectivity index (χ3n) is 3.11. The first kappa shape index (κ1) is 14.4. The van der Waals surface area contributed by atoms with Gasteiger partial charge in [-0.2, -0.15) is 0 Å². The summed E-state index contributed by atoms with van der Waals surface area (Å²) < 4.78 is 0. The molecular weight excluding hydrogens is 233 g/mol. The Morgan fingerprint density at radius 3 is 2.65 bits per heavy atom. The quantitative estimate of drug-likeness (QED) is 0.304. The van der Waals surface area contributed by atoms with E-state index >= 15 is 0 Å². The largest absolute Gasteiger partial charge is 1.00 e. The van der Waals surface area contributed by atoms with Crippen LogP contribution >= 0.6 is 0 Å². The Morgan fingerprint density at radius 2 is 2.18 bits per heavy atom. The fourth-order valence-corrected chi connectivity index (χ4v) is 2.31. The molecule has 0 aromatic carbocycles. The van der Waals surface area contributed by atoms with E-state index in [1.54, 1.807) is 6.92 Å². The molecule has 0 aromatic heterocycles. The van der Waals surface area contributed by atoms with Crippen molar-refractivity contribution in [2.45, 2.75) is 19.9 Å². The van der Waals surface area contributed by atoms with Crippen LogP contribution in [0.5, 0.6) is 0 Å². The van der Waals surface area contributed by atoms with Crippen LogP contribution in [0.1, 0.15) is 13.8 Å². The van der Waals surface area contributed by atoms with E-state index in [-0.39, 0.29) is 59.7 Å². The number of rotatable bonds is 2. The Kier molecular flexibility index (Phi) is 4.19. The molecule has 0 aromatic rings. The third kappa shape index (κ3) is 1.97. The summed E-state index contributed by atoms with van der Waals surface area (Å²) in [5, 5.41) is 19.8. The summed E-state index contributed by atoms with van der Waals surface area (Å²) in [4.78, 5) is 23.7. The molecule has 2 atom stereocenters. The number of hydrogen-bond acceptors (Lipinski definition) is 4. The molecule has 2 heterocycles. The first-order chi connectivity index (χ1) is 7.49. The number of carboxylic acid groups (broad SMARTS) is 1. The number of hydrogen-bond donors (Lipinski definition) is 1. The van der Waals surface area contributed by atoms with Gasteiger partial charge in [0.1, 0.15) is 0 Å². The predicted molar refractivity (Wildman–Crippen MR) is 52.7 cm³/mol. The number of fused-ring (bicyclic) bond motifs is 1. The van der Waals surface area contributed by atoms with E-state index in [1.165, 1.54) is 11.0 Å². The van der Waals surface area contributed by atoms with Crippen molar-refractivity contribution in [2.75, 3.05) is 6.61 Å². The maximum absolute atomic E-state index is 11.7. The van der Waals surface area contributed by atoms with E-state index in [9.17, 15) is 14.7 Å². The van der Waals surface area contributed by atoms with Gasteiger partial charge in [-0.3, -0.25) is 9.69 Å². The van der Waals surface area contributed by atoms with Gasteiger partial charge in [-0.25, -0.2) is 0 Å². The molecule has 0 saturated carbocycles. The molecule has 2 aliphatic rings. The van der Waals surface area contributed by atoms with Gasteiger partial charge in [0.15, 0.2) is 0 Å². The summed E-state index contributed by atoms with van der Waals surface area (Å²) in [6, 6.07) is -0.243. The molecule has 6 heteroatoms. The fourth-order valence-electron chi connectivity index (χ4n) is 2.31. The Balaban J connectivity index is 0.00000144. The van der Waals surface area contributed by atoms with E-state index in [0.29, 0.717) is 11.1 Å². The number of amides is 1. The number of carbonyl (C=O) groups excluding carboxylic acids is 2. The van der Waals surface area contributed by atoms with E-state index in [0.717, 1.165) is 0 Å². The summed E-state index contributed by atoms with van der Waals surface area (Å²) in [7, 11) is 0. The third-order valence-corrected chi connectivity index (χ3v) is 3.11. The van der Waals surface area contributed by atoms with Gasteiger partial charge in [-0.1, -0.05) is 13.0 Å². The zero-order valence-electron chi connectivity index (χ0n) is 10.1. The second-order valence-electron chi connectivity index (χ2n) is 4.17. The normalized spacial score (nSPS) is 29.0. The van der Waals surface area contributed by atoms with Gasteiger partial charge in [0.2, 0.25) is 0 Å². The van der Waals surface area contributed by atoms with Crippen LogP contribution in [-0.2, 0) is 9.59 Å². The van der Waals surface area contributed by atoms with Crippen LogP contribution < -0.4 is 34.7 Å². The maximum atomic E-state index is 11.7. The number of aliphatic hydroxyl groups excluding tert-OH is 1. The SMILES string of the molecule is C/C(CO)=C1\C(=O)N2C(C(=O)[O-])=C[C@H](C)[C@H]12.[Na+]. The molecule has 1 saturated heterocycles. The number of aliphatic carboxylic acids is 1. The van der Waals surface area contributed by atoms with Crippen LogP contribution in [-0.4, -0.2) is 34.5 Å². The van der Waals surface area contributed by atoms with Crippen LogP contribution in [0, 0.1) is 5.92 Å². The molecule has 1 amide bonds. The van der Waals surface area contributed by atoms with Crippen LogP contribution in [0.3, 0.4) is 0 Å². The van der Waals surface area contributed by atoms with Crippen LogP contribution in [0.4, 0.5) is 0 Å². The van der Waals surface area contributed by atoms with Crippen molar-refractivity contribution in [1.82, 2.24) is 4.90 Å². The molecule has 0 unspecified atom stereocenters. The molecule has 86 valence electrons. The van der Waals surface area contributed by atoms with Crippen molar-refractivity contribution in [3.8, 4) is 0 Å². The second-order valence-corrected chi connectivity index (χ2v) is 4.17. The van der Waals surface area contributed by atoms with Gasteiger partial charge in [0.05, 0.1) is 24.3 Å². The zero-order valence-corrected chi connectivity index (χ0v) is 12.1. The number of carboxylic acids is 1. The van der Waals surface area contributed by atoms with Gasteiger partial charge in [0.25, 0.3) is 5.91 Å². The number of carbonyl (C=O) groups is 2. The number of β-lactam (4-membered cyclic amide) rings is 1. The summed E-state index contributed by atoms with van der Waals surface area (Å²) in [6.07, 6.45) is 1.52. The minimum Gasteiger partial charge on any atom is -0.543 e. The summed E-state index contributed by atoms with van der Waals surface area (Å²) in [6.45, 7) is 3.33. The van der Waals surface area contributed by atoms with Crippen molar-refractivity contribution in [2.24, 2.45) is 5.92 Å². The predicted octanol–water partition coefficient (Wildman–Crippen LogP) is -4.21. The molecule has 1 N–H and O–H groups in total.